The zero-order valence-corrected chi connectivity index (χ0v) is 12.5. The number of terminal acetylenes is 1. The number of rotatable bonds is 5. The van der Waals surface area contributed by atoms with E-state index in [0.29, 0.717) is 12.2 Å². The quantitative estimate of drug-likeness (QED) is 0.863. The van der Waals surface area contributed by atoms with E-state index in [0.717, 1.165) is 5.56 Å². The van der Waals surface area contributed by atoms with Gasteiger partial charge in [-0.25, -0.2) is 4.39 Å². The molecule has 114 valence electrons. The predicted octanol–water partition coefficient (Wildman–Crippen LogP) is 2.85. The monoisotopic (exact) mass is 300 g/mol. The highest BCUT2D eigenvalue weighted by Crippen LogP contribution is 2.31. The molecule has 0 aromatic heterocycles. The summed E-state index contributed by atoms with van der Waals surface area (Å²) in [5.74, 6) is 1.86. The Morgan fingerprint density at radius 1 is 1.14 bits per heavy atom. The number of hydrogen-bond donors (Lipinski definition) is 1. The van der Waals surface area contributed by atoms with E-state index in [4.69, 9.17) is 15.9 Å². The van der Waals surface area contributed by atoms with Crippen LogP contribution in [0.3, 0.4) is 0 Å². The summed E-state index contributed by atoms with van der Waals surface area (Å²) in [5.41, 5.74) is -0.00244. The van der Waals surface area contributed by atoms with Gasteiger partial charge in [-0.3, -0.25) is 0 Å². The molecule has 0 aliphatic rings. The van der Waals surface area contributed by atoms with Crippen molar-refractivity contribution >= 4 is 0 Å². The molecule has 0 radical (unpaired) electrons. The fourth-order valence-corrected chi connectivity index (χ4v) is 2.23. The maximum atomic E-state index is 13.9. The molecule has 0 amide bonds. The summed E-state index contributed by atoms with van der Waals surface area (Å²) in [6, 6.07) is 11.2. The van der Waals surface area contributed by atoms with E-state index in [9.17, 15) is 9.50 Å². The summed E-state index contributed by atoms with van der Waals surface area (Å²) in [7, 11) is 2.98. The smallest absolute Gasteiger partial charge is 0.176 e. The van der Waals surface area contributed by atoms with Crippen molar-refractivity contribution in [2.24, 2.45) is 0 Å². The molecule has 0 aliphatic heterocycles. The maximum absolute atomic E-state index is 13.9. The summed E-state index contributed by atoms with van der Waals surface area (Å²) in [4.78, 5) is 0. The first kappa shape index (κ1) is 16.0. The third kappa shape index (κ3) is 2.96. The Bertz CT molecular complexity index is 688. The van der Waals surface area contributed by atoms with Crippen molar-refractivity contribution in [1.29, 1.82) is 0 Å². The van der Waals surface area contributed by atoms with E-state index in [-0.39, 0.29) is 11.3 Å². The van der Waals surface area contributed by atoms with E-state index < -0.39 is 11.4 Å². The van der Waals surface area contributed by atoms with Crippen LogP contribution in [0.1, 0.15) is 16.7 Å². The van der Waals surface area contributed by atoms with Crippen LogP contribution in [0.2, 0.25) is 0 Å². The molecule has 4 heteroatoms. The second-order valence-corrected chi connectivity index (χ2v) is 4.83. The Morgan fingerprint density at radius 2 is 1.77 bits per heavy atom. The molecule has 2 aromatic carbocycles. The van der Waals surface area contributed by atoms with Gasteiger partial charge in [0.1, 0.15) is 0 Å². The number of ether oxygens (including phenoxy) is 2. The molecule has 2 rings (SSSR count). The van der Waals surface area contributed by atoms with Crippen LogP contribution < -0.4 is 4.74 Å². The lowest BCUT2D eigenvalue weighted by Crippen LogP contribution is -2.25. The topological polar surface area (TPSA) is 38.7 Å². The first-order valence-electron chi connectivity index (χ1n) is 6.67. The van der Waals surface area contributed by atoms with Gasteiger partial charge in [0.2, 0.25) is 0 Å². The minimum atomic E-state index is -1.71. The average Bonchev–Trinajstić information content (AvgIpc) is 2.55. The Labute approximate surface area is 129 Å². The second-order valence-electron chi connectivity index (χ2n) is 4.83. The molecule has 1 atom stereocenters. The summed E-state index contributed by atoms with van der Waals surface area (Å²) in [6.45, 7) is 0.464. The molecule has 2 aromatic rings. The highest BCUT2D eigenvalue weighted by molar-refractivity contribution is 5.46. The number of hydrogen-bond acceptors (Lipinski definition) is 3. The molecule has 0 heterocycles. The molecule has 0 bridgehead atoms. The molecule has 1 N–H and O–H groups in total. The van der Waals surface area contributed by atoms with Gasteiger partial charge in [0.05, 0.1) is 13.7 Å². The third-order valence-corrected chi connectivity index (χ3v) is 3.46. The molecule has 0 fully saturated rings. The summed E-state index contributed by atoms with van der Waals surface area (Å²) < 4.78 is 23.8. The fourth-order valence-electron chi connectivity index (χ4n) is 2.23. The first-order chi connectivity index (χ1) is 10.5. The summed E-state index contributed by atoms with van der Waals surface area (Å²) >= 11 is 0. The Morgan fingerprint density at radius 3 is 2.27 bits per heavy atom. The zero-order valence-electron chi connectivity index (χ0n) is 12.5. The zero-order chi connectivity index (χ0) is 16.2. The van der Waals surface area contributed by atoms with Gasteiger partial charge in [-0.05, 0) is 17.7 Å². The van der Waals surface area contributed by atoms with Crippen LogP contribution >= 0.6 is 0 Å². The van der Waals surface area contributed by atoms with E-state index in [2.05, 4.69) is 5.92 Å². The molecule has 0 saturated heterocycles. The summed E-state index contributed by atoms with van der Waals surface area (Å²) in [6.07, 6.45) is 5.51. The lowest BCUT2D eigenvalue weighted by Gasteiger charge is -2.24. The lowest BCUT2D eigenvalue weighted by molar-refractivity contribution is 0.144. The van der Waals surface area contributed by atoms with Gasteiger partial charge in [-0.15, -0.1) is 6.42 Å². The van der Waals surface area contributed by atoms with Gasteiger partial charge in [0, 0.05) is 18.2 Å². The van der Waals surface area contributed by atoms with Crippen molar-refractivity contribution in [3.63, 3.8) is 0 Å². The molecular weight excluding hydrogens is 283 g/mol. The van der Waals surface area contributed by atoms with E-state index in [1.165, 1.54) is 19.2 Å². The van der Waals surface area contributed by atoms with Gasteiger partial charge in [-0.2, -0.15) is 0 Å². The maximum Gasteiger partial charge on any atom is 0.176 e. The minimum absolute atomic E-state index is 0.0959. The number of benzene rings is 2. The van der Waals surface area contributed by atoms with Crippen LogP contribution in [0, 0.1) is 18.2 Å². The summed E-state index contributed by atoms with van der Waals surface area (Å²) in [5, 5.41) is 10.8. The molecule has 0 saturated carbocycles. The lowest BCUT2D eigenvalue weighted by atomic mass is 9.86. The van der Waals surface area contributed by atoms with Crippen LogP contribution in [0.5, 0.6) is 5.75 Å². The molecule has 3 nitrogen and oxygen atoms in total. The Kier molecular flexibility index (Phi) is 4.81. The van der Waals surface area contributed by atoms with E-state index in [1.54, 1.807) is 37.4 Å². The molecule has 22 heavy (non-hydrogen) atoms. The van der Waals surface area contributed by atoms with Crippen molar-refractivity contribution < 1.29 is 19.0 Å². The molecule has 0 spiro atoms. The van der Waals surface area contributed by atoms with Gasteiger partial charge < -0.3 is 14.6 Å². The van der Waals surface area contributed by atoms with Crippen molar-refractivity contribution in [1.82, 2.24) is 0 Å². The molecule has 1 unspecified atom stereocenters. The van der Waals surface area contributed by atoms with Crippen molar-refractivity contribution in [2.45, 2.75) is 12.2 Å². The van der Waals surface area contributed by atoms with Gasteiger partial charge >= 0.3 is 0 Å². The Hall–Kier alpha value is -2.35. The van der Waals surface area contributed by atoms with Crippen molar-refractivity contribution in [3.05, 3.63) is 65.0 Å². The highest BCUT2D eigenvalue weighted by Gasteiger charge is 2.30. The van der Waals surface area contributed by atoms with Crippen LogP contribution in [0.15, 0.2) is 42.5 Å². The average molecular weight is 300 g/mol. The van der Waals surface area contributed by atoms with E-state index >= 15 is 0 Å². The van der Waals surface area contributed by atoms with Crippen LogP contribution in [0.25, 0.3) is 0 Å². The van der Waals surface area contributed by atoms with Crippen LogP contribution in [0.4, 0.5) is 4.39 Å². The van der Waals surface area contributed by atoms with Gasteiger partial charge in [-0.1, -0.05) is 36.3 Å². The molecule has 0 aliphatic carbocycles. The van der Waals surface area contributed by atoms with E-state index in [1.807, 2.05) is 0 Å². The van der Waals surface area contributed by atoms with Crippen LogP contribution in [-0.2, 0) is 16.9 Å². The highest BCUT2D eigenvalue weighted by atomic mass is 19.1. The largest absolute Gasteiger partial charge is 0.494 e. The minimum Gasteiger partial charge on any atom is -0.494 e. The molecular formula is C18H17FO3. The SMILES string of the molecule is C#CC(O)(c1ccc(COC)cc1)c1ccc(OC)c(F)c1. The third-order valence-electron chi connectivity index (χ3n) is 3.46. The number of aliphatic hydroxyl groups is 1. The Balaban J connectivity index is 2.44. The van der Waals surface area contributed by atoms with Crippen molar-refractivity contribution in [2.75, 3.05) is 14.2 Å². The first-order valence-corrected chi connectivity index (χ1v) is 6.67. The number of halogens is 1. The van der Waals surface area contributed by atoms with Gasteiger partial charge in [0.15, 0.2) is 17.2 Å². The normalized spacial score (nSPS) is 13.2. The van der Waals surface area contributed by atoms with Crippen LogP contribution in [-0.4, -0.2) is 19.3 Å². The second kappa shape index (κ2) is 6.61. The van der Waals surface area contributed by atoms with Crippen molar-refractivity contribution in [3.8, 4) is 18.1 Å². The van der Waals surface area contributed by atoms with Gasteiger partial charge in [0.25, 0.3) is 0 Å². The standard InChI is InChI=1S/C18H17FO3/c1-4-18(20,14-7-5-13(6-8-14)12-21-2)15-9-10-17(22-3)16(19)11-15/h1,5-11,20H,12H2,2-3H3. The fraction of sp³-hybridized carbons (Fsp3) is 0.222. The number of methoxy groups -OCH3 is 2. The predicted molar refractivity (Wildman–Crippen MR) is 81.9 cm³/mol.